The number of carbonyl (C=O) groups is 1. The third kappa shape index (κ3) is 2.00. The average Bonchev–Trinajstić information content (AvgIpc) is 2.32. The fourth-order valence-electron chi connectivity index (χ4n) is 1.71. The van der Waals surface area contributed by atoms with Crippen molar-refractivity contribution in [3.05, 3.63) is 42.5 Å². The molecule has 0 aliphatic carbocycles. The van der Waals surface area contributed by atoms with Gasteiger partial charge in [-0.1, -0.05) is 18.7 Å². The third-order valence-electron chi connectivity index (χ3n) is 2.62. The summed E-state index contributed by atoms with van der Waals surface area (Å²) in [5.74, 6) is -0.0389. The van der Waals surface area contributed by atoms with Crippen LogP contribution in [0.3, 0.4) is 0 Å². The number of hydrogen-bond donors (Lipinski definition) is 2. The van der Waals surface area contributed by atoms with Crippen LogP contribution in [-0.2, 0) is 4.79 Å². The van der Waals surface area contributed by atoms with Gasteiger partial charge in [0.1, 0.15) is 5.75 Å². The Kier molecular flexibility index (Phi) is 2.93. The molecule has 0 bridgehead atoms. The maximum atomic E-state index is 11.5. The van der Waals surface area contributed by atoms with E-state index in [1.807, 2.05) is 6.07 Å². The maximum absolute atomic E-state index is 11.5. The average molecular weight is 242 g/mol. The summed E-state index contributed by atoms with van der Waals surface area (Å²) in [5.41, 5.74) is 13.2. The summed E-state index contributed by atoms with van der Waals surface area (Å²) in [6.45, 7) is 5.14. The fourth-order valence-corrected chi connectivity index (χ4v) is 1.71. The highest BCUT2D eigenvalue weighted by Gasteiger charge is 2.11. The Morgan fingerprint density at radius 1 is 1.17 bits per heavy atom. The first-order valence-corrected chi connectivity index (χ1v) is 5.45. The van der Waals surface area contributed by atoms with Gasteiger partial charge in [0.2, 0.25) is 0 Å². The van der Waals surface area contributed by atoms with Gasteiger partial charge in [0, 0.05) is 27.7 Å². The molecule has 0 aliphatic heterocycles. The lowest BCUT2D eigenvalue weighted by atomic mass is 10.1. The number of esters is 1. The molecule has 0 spiro atoms. The van der Waals surface area contributed by atoms with Crippen molar-refractivity contribution in [2.75, 3.05) is 11.5 Å². The summed E-state index contributed by atoms with van der Waals surface area (Å²) in [6.07, 6.45) is 0. The molecule has 0 saturated heterocycles. The van der Waals surface area contributed by atoms with Crippen LogP contribution in [0.25, 0.3) is 10.8 Å². The van der Waals surface area contributed by atoms with Gasteiger partial charge in [-0.15, -0.1) is 0 Å². The second-order valence-corrected chi connectivity index (χ2v) is 4.09. The summed E-state index contributed by atoms with van der Waals surface area (Å²) in [4.78, 5) is 11.5. The minimum absolute atomic E-state index is 0.337. The standard InChI is InChI=1S/C14H14N2O2/c1-8(2)14(17)18-12-7-6-11(16)13-9(12)4-3-5-10(13)15/h3-7H,1,15-16H2,2H3. The molecule has 0 atom stereocenters. The first kappa shape index (κ1) is 12.0. The maximum Gasteiger partial charge on any atom is 0.338 e. The minimum Gasteiger partial charge on any atom is -0.423 e. The third-order valence-corrected chi connectivity index (χ3v) is 2.62. The zero-order chi connectivity index (χ0) is 13.3. The van der Waals surface area contributed by atoms with Gasteiger partial charge in [-0.05, 0) is 25.1 Å². The molecule has 4 nitrogen and oxygen atoms in total. The van der Waals surface area contributed by atoms with Gasteiger partial charge in [0.25, 0.3) is 0 Å². The van der Waals surface area contributed by atoms with Crippen molar-refractivity contribution < 1.29 is 9.53 Å². The zero-order valence-electron chi connectivity index (χ0n) is 10.1. The Bertz CT molecular complexity index is 639. The highest BCUT2D eigenvalue weighted by molar-refractivity contribution is 6.05. The molecule has 4 N–H and O–H groups in total. The Morgan fingerprint density at radius 3 is 2.50 bits per heavy atom. The lowest BCUT2D eigenvalue weighted by Crippen LogP contribution is -2.08. The van der Waals surface area contributed by atoms with Crippen molar-refractivity contribution in [3.8, 4) is 5.75 Å². The van der Waals surface area contributed by atoms with Gasteiger partial charge < -0.3 is 16.2 Å². The molecule has 0 aliphatic rings. The lowest BCUT2D eigenvalue weighted by molar-refractivity contribution is -0.129. The van der Waals surface area contributed by atoms with Crippen molar-refractivity contribution in [2.45, 2.75) is 6.92 Å². The summed E-state index contributed by atoms with van der Waals surface area (Å²) < 4.78 is 5.25. The lowest BCUT2D eigenvalue weighted by Gasteiger charge is -2.10. The van der Waals surface area contributed by atoms with Gasteiger partial charge in [0.05, 0.1) is 0 Å². The zero-order valence-corrected chi connectivity index (χ0v) is 10.1. The molecule has 0 amide bonds. The normalized spacial score (nSPS) is 10.3. The molecule has 0 heterocycles. The van der Waals surface area contributed by atoms with Crippen molar-refractivity contribution in [3.63, 3.8) is 0 Å². The second kappa shape index (κ2) is 4.41. The number of hydrogen-bond acceptors (Lipinski definition) is 4. The van der Waals surface area contributed by atoms with Crippen molar-refractivity contribution >= 4 is 28.1 Å². The Morgan fingerprint density at radius 2 is 1.83 bits per heavy atom. The fraction of sp³-hybridized carbons (Fsp3) is 0.0714. The van der Waals surface area contributed by atoms with Gasteiger partial charge in [0.15, 0.2) is 0 Å². The van der Waals surface area contributed by atoms with Crippen molar-refractivity contribution in [1.82, 2.24) is 0 Å². The molecule has 92 valence electrons. The second-order valence-electron chi connectivity index (χ2n) is 4.09. The molecule has 18 heavy (non-hydrogen) atoms. The first-order chi connectivity index (χ1) is 8.50. The Balaban J connectivity index is 2.60. The largest absolute Gasteiger partial charge is 0.423 e. The predicted octanol–water partition coefficient (Wildman–Crippen LogP) is 2.49. The van der Waals surface area contributed by atoms with Crippen LogP contribution in [0.15, 0.2) is 42.5 Å². The van der Waals surface area contributed by atoms with Crippen LogP contribution in [0.5, 0.6) is 5.75 Å². The van der Waals surface area contributed by atoms with E-state index in [1.54, 1.807) is 31.2 Å². The number of nitrogens with two attached hydrogens (primary N) is 2. The number of rotatable bonds is 2. The molecule has 0 radical (unpaired) electrons. The monoisotopic (exact) mass is 242 g/mol. The number of nitrogen functional groups attached to an aromatic ring is 2. The van der Waals surface area contributed by atoms with E-state index in [2.05, 4.69) is 6.58 Å². The number of anilines is 2. The summed E-state index contributed by atoms with van der Waals surface area (Å²) in [5, 5.41) is 1.41. The van der Waals surface area contributed by atoms with Crippen LogP contribution in [-0.4, -0.2) is 5.97 Å². The van der Waals surface area contributed by atoms with Crippen molar-refractivity contribution in [1.29, 1.82) is 0 Å². The smallest absolute Gasteiger partial charge is 0.338 e. The molecular formula is C14H14N2O2. The van der Waals surface area contributed by atoms with Crippen LogP contribution >= 0.6 is 0 Å². The Labute approximate surface area is 105 Å². The molecule has 0 unspecified atom stereocenters. The van der Waals surface area contributed by atoms with Gasteiger partial charge in [-0.25, -0.2) is 4.79 Å². The number of ether oxygens (including phenoxy) is 1. The van der Waals surface area contributed by atoms with E-state index in [0.717, 1.165) is 0 Å². The van der Waals surface area contributed by atoms with E-state index in [0.29, 0.717) is 33.5 Å². The molecule has 2 aromatic rings. The number of carbonyl (C=O) groups excluding carboxylic acids is 1. The molecule has 0 saturated carbocycles. The van der Waals surface area contributed by atoms with E-state index >= 15 is 0 Å². The summed E-state index contributed by atoms with van der Waals surface area (Å²) in [6, 6.07) is 8.67. The minimum atomic E-state index is -0.469. The Hall–Kier alpha value is -2.49. The van der Waals surface area contributed by atoms with E-state index in [-0.39, 0.29) is 0 Å². The van der Waals surface area contributed by atoms with E-state index < -0.39 is 5.97 Å². The molecule has 0 aromatic heterocycles. The number of benzene rings is 2. The van der Waals surface area contributed by atoms with E-state index in [4.69, 9.17) is 16.2 Å². The van der Waals surface area contributed by atoms with Crippen LogP contribution in [0.4, 0.5) is 11.4 Å². The van der Waals surface area contributed by atoms with E-state index in [9.17, 15) is 4.79 Å². The topological polar surface area (TPSA) is 78.3 Å². The van der Waals surface area contributed by atoms with Gasteiger partial charge in [-0.2, -0.15) is 0 Å². The molecule has 2 rings (SSSR count). The number of fused-ring (bicyclic) bond motifs is 1. The summed E-state index contributed by atoms with van der Waals surface area (Å²) in [7, 11) is 0. The molecule has 2 aromatic carbocycles. The SMILES string of the molecule is C=C(C)C(=O)Oc1ccc(N)c2c(N)cccc12. The van der Waals surface area contributed by atoms with Crippen LogP contribution in [0.1, 0.15) is 6.92 Å². The highest BCUT2D eigenvalue weighted by atomic mass is 16.5. The molecule has 0 fully saturated rings. The van der Waals surface area contributed by atoms with Crippen molar-refractivity contribution in [2.24, 2.45) is 0 Å². The quantitative estimate of drug-likeness (QED) is 0.367. The predicted molar refractivity (Wildman–Crippen MR) is 73.2 cm³/mol. The van der Waals surface area contributed by atoms with Crippen LogP contribution in [0.2, 0.25) is 0 Å². The first-order valence-electron chi connectivity index (χ1n) is 5.45. The van der Waals surface area contributed by atoms with Gasteiger partial charge in [-0.3, -0.25) is 0 Å². The highest BCUT2D eigenvalue weighted by Crippen LogP contribution is 2.34. The van der Waals surface area contributed by atoms with Crippen LogP contribution < -0.4 is 16.2 Å². The molecular weight excluding hydrogens is 228 g/mol. The van der Waals surface area contributed by atoms with Gasteiger partial charge >= 0.3 is 5.97 Å². The van der Waals surface area contributed by atoms with Crippen LogP contribution in [0, 0.1) is 0 Å². The summed E-state index contributed by atoms with van der Waals surface area (Å²) >= 11 is 0. The molecule has 4 heteroatoms. The van der Waals surface area contributed by atoms with E-state index in [1.165, 1.54) is 0 Å².